The molecule has 0 spiro atoms. The highest BCUT2D eigenvalue weighted by atomic mass is 16.3. The number of phenolic OH excluding ortho intramolecular Hbond substituents is 2. The lowest BCUT2D eigenvalue weighted by Gasteiger charge is -2.17. The van der Waals surface area contributed by atoms with Crippen LogP contribution in [0.3, 0.4) is 0 Å². The van der Waals surface area contributed by atoms with Gasteiger partial charge in [0.05, 0.1) is 5.56 Å². The van der Waals surface area contributed by atoms with Gasteiger partial charge in [0.1, 0.15) is 0 Å². The lowest BCUT2D eigenvalue weighted by atomic mass is 10.1. The number of para-hydroxylation sites is 1. The van der Waals surface area contributed by atoms with Gasteiger partial charge < -0.3 is 21.3 Å². The third kappa shape index (κ3) is 3.63. The van der Waals surface area contributed by atoms with Crippen LogP contribution in [0, 0.1) is 0 Å². The van der Waals surface area contributed by atoms with Gasteiger partial charge in [0, 0.05) is 12.6 Å². The van der Waals surface area contributed by atoms with Gasteiger partial charge in [-0.25, -0.2) is 0 Å². The first-order valence-electron chi connectivity index (χ1n) is 6.12. The molecule has 1 unspecified atom stereocenters. The van der Waals surface area contributed by atoms with Crippen molar-refractivity contribution < 1.29 is 15.0 Å². The van der Waals surface area contributed by atoms with Gasteiger partial charge in [-0.15, -0.1) is 0 Å². The predicted molar refractivity (Wildman–Crippen MR) is 69.6 cm³/mol. The molecule has 0 radical (unpaired) electrons. The van der Waals surface area contributed by atoms with Gasteiger partial charge in [0.2, 0.25) is 0 Å². The molecule has 0 bridgehead atoms. The van der Waals surface area contributed by atoms with Crippen LogP contribution in [-0.2, 0) is 0 Å². The van der Waals surface area contributed by atoms with Gasteiger partial charge in [-0.3, -0.25) is 4.79 Å². The number of nitrogens with two attached hydrogens (primary N) is 1. The number of phenols is 2. The molecular formula is C13H20N2O3. The molecule has 1 aromatic rings. The number of rotatable bonds is 6. The lowest BCUT2D eigenvalue weighted by molar-refractivity contribution is 0.0932. The van der Waals surface area contributed by atoms with Crippen LogP contribution in [0.25, 0.3) is 0 Å². The van der Waals surface area contributed by atoms with E-state index in [9.17, 15) is 15.0 Å². The van der Waals surface area contributed by atoms with Gasteiger partial charge >= 0.3 is 0 Å². The maximum Gasteiger partial charge on any atom is 0.255 e. The Morgan fingerprint density at radius 2 is 2.17 bits per heavy atom. The average Bonchev–Trinajstić information content (AvgIpc) is 2.37. The first-order chi connectivity index (χ1) is 8.60. The third-order valence-electron chi connectivity index (χ3n) is 2.79. The molecule has 0 fully saturated rings. The molecule has 0 aliphatic heterocycles. The molecule has 5 N–H and O–H groups in total. The van der Waals surface area contributed by atoms with E-state index in [1.54, 1.807) is 0 Å². The number of aromatic hydroxyl groups is 2. The highest BCUT2D eigenvalue weighted by Crippen LogP contribution is 2.28. The minimum absolute atomic E-state index is 0.0601. The summed E-state index contributed by atoms with van der Waals surface area (Å²) in [6, 6.07) is 4.17. The molecule has 1 rings (SSSR count). The SMILES string of the molecule is CCCCC(CN)NC(=O)c1cccc(O)c1O. The van der Waals surface area contributed by atoms with Gasteiger partial charge in [-0.2, -0.15) is 0 Å². The van der Waals surface area contributed by atoms with Crippen molar-refractivity contribution in [1.29, 1.82) is 0 Å². The molecule has 18 heavy (non-hydrogen) atoms. The van der Waals surface area contributed by atoms with Crippen molar-refractivity contribution in [2.75, 3.05) is 6.54 Å². The van der Waals surface area contributed by atoms with Crippen molar-refractivity contribution in [2.45, 2.75) is 32.2 Å². The van der Waals surface area contributed by atoms with E-state index in [2.05, 4.69) is 12.2 Å². The van der Waals surface area contributed by atoms with Crippen molar-refractivity contribution in [3.63, 3.8) is 0 Å². The van der Waals surface area contributed by atoms with Crippen LogP contribution >= 0.6 is 0 Å². The minimum Gasteiger partial charge on any atom is -0.504 e. The van der Waals surface area contributed by atoms with E-state index in [1.807, 2.05) is 0 Å². The summed E-state index contributed by atoms with van der Waals surface area (Å²) in [4.78, 5) is 11.9. The summed E-state index contributed by atoms with van der Waals surface area (Å²) < 4.78 is 0. The summed E-state index contributed by atoms with van der Waals surface area (Å²) in [6.07, 6.45) is 2.82. The third-order valence-corrected chi connectivity index (χ3v) is 2.79. The number of benzene rings is 1. The van der Waals surface area contributed by atoms with E-state index >= 15 is 0 Å². The molecule has 0 saturated carbocycles. The summed E-state index contributed by atoms with van der Waals surface area (Å²) >= 11 is 0. The first kappa shape index (κ1) is 14.3. The lowest BCUT2D eigenvalue weighted by Crippen LogP contribution is -2.40. The second-order valence-corrected chi connectivity index (χ2v) is 4.22. The topological polar surface area (TPSA) is 95.6 Å². The summed E-state index contributed by atoms with van der Waals surface area (Å²) in [5.74, 6) is -1.13. The van der Waals surface area contributed by atoms with Gasteiger partial charge in [-0.05, 0) is 18.6 Å². The molecule has 1 aromatic carbocycles. The molecule has 5 heteroatoms. The molecule has 0 aromatic heterocycles. The number of nitrogens with one attached hydrogen (secondary N) is 1. The van der Waals surface area contributed by atoms with Gasteiger partial charge in [0.15, 0.2) is 11.5 Å². The number of unbranched alkanes of at least 4 members (excludes halogenated alkanes) is 1. The molecule has 100 valence electrons. The van der Waals surface area contributed by atoms with Crippen LogP contribution in [0.2, 0.25) is 0 Å². The zero-order chi connectivity index (χ0) is 13.5. The Morgan fingerprint density at radius 3 is 2.78 bits per heavy atom. The van der Waals surface area contributed by atoms with Crippen molar-refractivity contribution in [3.8, 4) is 11.5 Å². The number of carbonyl (C=O) groups excluding carboxylic acids is 1. The molecule has 1 amide bonds. The zero-order valence-corrected chi connectivity index (χ0v) is 10.5. The van der Waals surface area contributed by atoms with E-state index in [0.717, 1.165) is 19.3 Å². The predicted octanol–water partition coefficient (Wildman–Crippen LogP) is 1.35. The van der Waals surface area contributed by atoms with E-state index in [1.165, 1.54) is 18.2 Å². The van der Waals surface area contributed by atoms with Crippen LogP contribution in [-0.4, -0.2) is 28.7 Å². The maximum absolute atomic E-state index is 11.9. The fraction of sp³-hybridized carbons (Fsp3) is 0.462. The van der Waals surface area contributed by atoms with Crippen molar-refractivity contribution in [2.24, 2.45) is 5.73 Å². The van der Waals surface area contributed by atoms with Gasteiger partial charge in [-0.1, -0.05) is 25.8 Å². The number of hydrogen-bond donors (Lipinski definition) is 4. The smallest absolute Gasteiger partial charge is 0.255 e. The Morgan fingerprint density at radius 1 is 1.44 bits per heavy atom. The summed E-state index contributed by atoms with van der Waals surface area (Å²) in [6.45, 7) is 2.42. The molecule has 0 saturated heterocycles. The van der Waals surface area contributed by atoms with Crippen LogP contribution in [0.4, 0.5) is 0 Å². The highest BCUT2D eigenvalue weighted by Gasteiger charge is 2.16. The Labute approximate surface area is 107 Å². The van der Waals surface area contributed by atoms with E-state index in [-0.39, 0.29) is 17.4 Å². The Balaban J connectivity index is 2.72. The molecule has 0 heterocycles. The summed E-state index contributed by atoms with van der Waals surface area (Å²) in [7, 11) is 0. The largest absolute Gasteiger partial charge is 0.504 e. The number of amides is 1. The van der Waals surface area contributed by atoms with Crippen molar-refractivity contribution in [1.82, 2.24) is 5.32 Å². The quantitative estimate of drug-likeness (QED) is 0.575. The molecular weight excluding hydrogens is 232 g/mol. The van der Waals surface area contributed by atoms with Crippen LogP contribution in [0.5, 0.6) is 11.5 Å². The van der Waals surface area contributed by atoms with Gasteiger partial charge in [0.25, 0.3) is 5.91 Å². The second kappa shape index (κ2) is 6.86. The summed E-state index contributed by atoms with van der Waals surface area (Å²) in [5, 5.41) is 21.7. The maximum atomic E-state index is 11.9. The van der Waals surface area contributed by atoms with E-state index in [0.29, 0.717) is 6.54 Å². The highest BCUT2D eigenvalue weighted by molar-refractivity contribution is 5.97. The summed E-state index contributed by atoms with van der Waals surface area (Å²) in [5.41, 5.74) is 5.64. The van der Waals surface area contributed by atoms with E-state index in [4.69, 9.17) is 5.73 Å². The van der Waals surface area contributed by atoms with E-state index < -0.39 is 11.7 Å². The molecule has 0 aliphatic carbocycles. The first-order valence-corrected chi connectivity index (χ1v) is 6.12. The number of hydrogen-bond acceptors (Lipinski definition) is 4. The second-order valence-electron chi connectivity index (χ2n) is 4.22. The van der Waals surface area contributed by atoms with Crippen LogP contribution < -0.4 is 11.1 Å². The normalized spacial score (nSPS) is 12.1. The number of carbonyl (C=O) groups is 1. The Bertz CT molecular complexity index is 407. The molecule has 0 aliphatic rings. The van der Waals surface area contributed by atoms with Crippen LogP contribution in [0.1, 0.15) is 36.5 Å². The molecule has 1 atom stereocenters. The standard InChI is InChI=1S/C13H20N2O3/c1-2-3-5-9(8-14)15-13(18)10-6-4-7-11(16)12(10)17/h4,6-7,9,16-17H,2-3,5,8,14H2,1H3,(H,15,18). The monoisotopic (exact) mass is 252 g/mol. The fourth-order valence-corrected chi connectivity index (χ4v) is 1.68. The molecule has 5 nitrogen and oxygen atoms in total. The zero-order valence-electron chi connectivity index (χ0n) is 10.5. The van der Waals surface area contributed by atoms with Crippen LogP contribution in [0.15, 0.2) is 18.2 Å². The van der Waals surface area contributed by atoms with Crippen molar-refractivity contribution in [3.05, 3.63) is 23.8 Å². The van der Waals surface area contributed by atoms with Crippen molar-refractivity contribution >= 4 is 5.91 Å². The minimum atomic E-state index is -0.421. The Kier molecular flexibility index (Phi) is 5.45. The average molecular weight is 252 g/mol. The Hall–Kier alpha value is -1.75. The fourth-order valence-electron chi connectivity index (χ4n) is 1.68.